The van der Waals surface area contributed by atoms with E-state index in [1.165, 1.54) is 16.0 Å². The van der Waals surface area contributed by atoms with E-state index < -0.39 is 11.5 Å². The van der Waals surface area contributed by atoms with Gasteiger partial charge in [0.05, 0.1) is 18.7 Å². The van der Waals surface area contributed by atoms with Crippen molar-refractivity contribution >= 4 is 28.2 Å². The van der Waals surface area contributed by atoms with E-state index in [2.05, 4.69) is 12.0 Å². The predicted molar refractivity (Wildman–Crippen MR) is 112 cm³/mol. The lowest BCUT2D eigenvalue weighted by atomic mass is 9.86. The molecule has 1 aliphatic carbocycles. The van der Waals surface area contributed by atoms with Crippen LogP contribution in [0.3, 0.4) is 0 Å². The number of carbonyl (C=O) groups excluding carboxylic acids is 2. The van der Waals surface area contributed by atoms with Gasteiger partial charge in [-0.1, -0.05) is 54.5 Å². The van der Waals surface area contributed by atoms with Crippen LogP contribution in [0.5, 0.6) is 0 Å². The molecule has 0 spiro atoms. The van der Waals surface area contributed by atoms with Crippen LogP contribution in [0.1, 0.15) is 33.5 Å². The summed E-state index contributed by atoms with van der Waals surface area (Å²) in [6.45, 7) is 0.0489. The number of para-hydroxylation sites is 1. The van der Waals surface area contributed by atoms with Gasteiger partial charge in [-0.2, -0.15) is 0 Å². The Morgan fingerprint density at radius 1 is 1.07 bits per heavy atom. The van der Waals surface area contributed by atoms with Gasteiger partial charge in [0.25, 0.3) is 5.91 Å². The minimum Gasteiger partial charge on any atom is -0.375 e. The van der Waals surface area contributed by atoms with Crippen molar-refractivity contribution in [1.82, 2.24) is 0 Å². The molecule has 0 unspecified atom stereocenters. The number of ketones is 1. The van der Waals surface area contributed by atoms with Gasteiger partial charge in [0.2, 0.25) is 0 Å². The molecule has 5 rings (SSSR count). The molecule has 0 saturated carbocycles. The lowest BCUT2D eigenvalue weighted by Gasteiger charge is -2.22. The number of rotatable bonds is 4. The summed E-state index contributed by atoms with van der Waals surface area (Å²) in [4.78, 5) is 27.7. The maximum atomic E-state index is 13.3. The van der Waals surface area contributed by atoms with Gasteiger partial charge in [-0.15, -0.1) is 6.42 Å². The van der Waals surface area contributed by atoms with E-state index in [0.717, 1.165) is 23.6 Å². The van der Waals surface area contributed by atoms with Crippen LogP contribution in [0, 0.1) is 12.3 Å². The number of terminal acetylenes is 1. The molecule has 4 heteroatoms. The molecule has 2 aliphatic rings. The molecule has 4 nitrogen and oxygen atoms in total. The Labute approximate surface area is 168 Å². The summed E-state index contributed by atoms with van der Waals surface area (Å²) in [7, 11) is 0. The molecule has 0 fully saturated rings. The Hall–Kier alpha value is -3.42. The lowest BCUT2D eigenvalue weighted by Crippen LogP contribution is -2.42. The Balaban J connectivity index is 1.58. The molecule has 1 amide bonds. The van der Waals surface area contributed by atoms with Gasteiger partial charge in [0.15, 0.2) is 11.4 Å². The second-order valence-electron chi connectivity index (χ2n) is 7.68. The molecule has 1 N–H and O–H groups in total. The zero-order valence-electron chi connectivity index (χ0n) is 15.8. The average Bonchev–Trinajstić information content (AvgIpc) is 3.24. The highest BCUT2D eigenvalue weighted by atomic mass is 16.3. The van der Waals surface area contributed by atoms with E-state index in [0.29, 0.717) is 16.8 Å². The molecular weight excluding hydrogens is 362 g/mol. The Morgan fingerprint density at radius 3 is 2.62 bits per heavy atom. The van der Waals surface area contributed by atoms with E-state index in [4.69, 9.17) is 6.42 Å². The molecule has 1 aliphatic heterocycles. The van der Waals surface area contributed by atoms with E-state index in [1.807, 2.05) is 24.3 Å². The number of hydrogen-bond acceptors (Lipinski definition) is 3. The summed E-state index contributed by atoms with van der Waals surface area (Å²) in [6.07, 6.45) is 7.04. The quantitative estimate of drug-likeness (QED) is 0.557. The molecule has 3 aromatic carbocycles. The third-order valence-electron chi connectivity index (χ3n) is 6.08. The fourth-order valence-corrected chi connectivity index (χ4v) is 4.74. The van der Waals surface area contributed by atoms with Crippen molar-refractivity contribution in [3.05, 3.63) is 76.9 Å². The molecule has 0 saturated heterocycles. The largest absolute Gasteiger partial charge is 0.375 e. The predicted octanol–water partition coefficient (Wildman–Crippen LogP) is 3.38. The molecule has 29 heavy (non-hydrogen) atoms. The van der Waals surface area contributed by atoms with Gasteiger partial charge in [0.1, 0.15) is 0 Å². The third kappa shape index (κ3) is 2.45. The highest BCUT2D eigenvalue weighted by Gasteiger charge is 2.50. The maximum Gasteiger partial charge on any atom is 0.265 e. The SMILES string of the molecule is C#CCN1C(=O)[C@@](O)(CC(=O)c2ccc3c4c(cccc24)CC3)c2ccccc21. The number of carbonyl (C=O) groups is 2. The number of benzene rings is 3. The number of hydrogen-bond donors (Lipinski definition) is 1. The van der Waals surface area contributed by atoms with Gasteiger partial charge in [-0.25, -0.2) is 0 Å². The number of Topliss-reactive ketones (excluding diaryl/α,β-unsaturated/α-hetero) is 1. The van der Waals surface area contributed by atoms with Crippen LogP contribution in [-0.4, -0.2) is 23.3 Å². The molecule has 0 aromatic heterocycles. The van der Waals surface area contributed by atoms with Crippen LogP contribution in [0.25, 0.3) is 10.8 Å². The lowest BCUT2D eigenvalue weighted by molar-refractivity contribution is -0.135. The summed E-state index contributed by atoms with van der Waals surface area (Å²) >= 11 is 0. The second kappa shape index (κ2) is 6.30. The molecule has 3 aromatic rings. The van der Waals surface area contributed by atoms with Crippen molar-refractivity contribution in [1.29, 1.82) is 0 Å². The van der Waals surface area contributed by atoms with Crippen molar-refractivity contribution in [3.8, 4) is 12.3 Å². The van der Waals surface area contributed by atoms with Gasteiger partial charge < -0.3 is 5.11 Å². The molecular formula is C25H19NO3. The van der Waals surface area contributed by atoms with E-state index in [1.54, 1.807) is 24.3 Å². The monoisotopic (exact) mass is 381 g/mol. The summed E-state index contributed by atoms with van der Waals surface area (Å²) in [5.74, 6) is 1.66. The fraction of sp³-hybridized carbons (Fsp3) is 0.200. The molecule has 0 radical (unpaired) electrons. The van der Waals surface area contributed by atoms with Crippen molar-refractivity contribution in [3.63, 3.8) is 0 Å². The number of fused-ring (bicyclic) bond motifs is 1. The number of amides is 1. The first kappa shape index (κ1) is 17.7. The standard InChI is InChI=1S/C25H19NO3/c1-2-14-26-21-9-4-3-8-20(21)25(29,24(26)28)15-22(27)18-13-12-17-11-10-16-6-5-7-19(18)23(16)17/h1,3-9,12-13,29H,10-11,14-15H2/t25-/m1/s1. The van der Waals surface area contributed by atoms with Crippen LogP contribution in [0.2, 0.25) is 0 Å². The normalized spacial score (nSPS) is 19.4. The topological polar surface area (TPSA) is 57.6 Å². The molecule has 1 heterocycles. The van der Waals surface area contributed by atoms with Crippen LogP contribution in [0.15, 0.2) is 54.6 Å². The zero-order valence-corrected chi connectivity index (χ0v) is 15.8. The Bertz CT molecular complexity index is 1230. The number of anilines is 1. The molecule has 1 atom stereocenters. The van der Waals surface area contributed by atoms with Crippen molar-refractivity contribution in [2.75, 3.05) is 11.4 Å². The average molecular weight is 381 g/mol. The summed E-state index contributed by atoms with van der Waals surface area (Å²) in [6, 6.07) is 16.8. The first-order valence-corrected chi connectivity index (χ1v) is 9.68. The molecule has 142 valence electrons. The van der Waals surface area contributed by atoms with Gasteiger partial charge in [0, 0.05) is 11.1 Å². The van der Waals surface area contributed by atoms with Crippen LogP contribution < -0.4 is 4.90 Å². The van der Waals surface area contributed by atoms with Crippen LogP contribution >= 0.6 is 0 Å². The minimum atomic E-state index is -1.91. The highest BCUT2D eigenvalue weighted by Crippen LogP contribution is 2.43. The Morgan fingerprint density at radius 2 is 1.83 bits per heavy atom. The molecule has 0 bridgehead atoms. The van der Waals surface area contributed by atoms with E-state index >= 15 is 0 Å². The minimum absolute atomic E-state index is 0.0489. The van der Waals surface area contributed by atoms with Crippen molar-refractivity contribution in [2.24, 2.45) is 0 Å². The van der Waals surface area contributed by atoms with Gasteiger partial charge in [-0.3, -0.25) is 14.5 Å². The number of nitrogens with zero attached hydrogens (tertiary/aromatic N) is 1. The summed E-state index contributed by atoms with van der Waals surface area (Å²) < 4.78 is 0. The third-order valence-corrected chi connectivity index (χ3v) is 6.08. The number of aliphatic hydroxyl groups is 1. The number of aryl methyl sites for hydroxylation is 2. The zero-order chi connectivity index (χ0) is 20.2. The first-order valence-electron chi connectivity index (χ1n) is 9.68. The highest BCUT2D eigenvalue weighted by molar-refractivity contribution is 6.14. The summed E-state index contributed by atoms with van der Waals surface area (Å²) in [5.41, 5.74) is 2.11. The first-order chi connectivity index (χ1) is 14.0. The fourth-order valence-electron chi connectivity index (χ4n) is 4.74. The Kier molecular flexibility index (Phi) is 3.84. The smallest absolute Gasteiger partial charge is 0.265 e. The second-order valence-corrected chi connectivity index (χ2v) is 7.68. The van der Waals surface area contributed by atoms with Crippen molar-refractivity contribution < 1.29 is 14.7 Å². The van der Waals surface area contributed by atoms with Gasteiger partial charge in [-0.05, 0) is 40.8 Å². The van der Waals surface area contributed by atoms with Gasteiger partial charge >= 0.3 is 0 Å². The van der Waals surface area contributed by atoms with Crippen LogP contribution in [0.4, 0.5) is 5.69 Å². The van der Waals surface area contributed by atoms with Crippen LogP contribution in [-0.2, 0) is 23.2 Å². The van der Waals surface area contributed by atoms with E-state index in [-0.39, 0.29) is 18.7 Å². The van der Waals surface area contributed by atoms with E-state index in [9.17, 15) is 14.7 Å². The van der Waals surface area contributed by atoms with Crippen molar-refractivity contribution in [2.45, 2.75) is 24.9 Å². The maximum absolute atomic E-state index is 13.3. The summed E-state index contributed by atoms with van der Waals surface area (Å²) in [5, 5.41) is 13.4.